The number of carbonyl (C=O) groups excluding carboxylic acids is 2. The van der Waals surface area contributed by atoms with Gasteiger partial charge >= 0.3 is 0 Å². The van der Waals surface area contributed by atoms with E-state index < -0.39 is 5.91 Å². The molecule has 0 radical (unpaired) electrons. The Morgan fingerprint density at radius 1 is 1.06 bits per heavy atom. The number of fused-ring (bicyclic) bond motifs is 3. The first-order chi connectivity index (χ1) is 17.0. The number of nitrogens with zero attached hydrogens (tertiary/aromatic N) is 2. The van der Waals surface area contributed by atoms with Crippen molar-refractivity contribution < 1.29 is 9.59 Å². The van der Waals surface area contributed by atoms with Gasteiger partial charge in [0.2, 0.25) is 5.91 Å². The maximum atomic E-state index is 13.2. The van der Waals surface area contributed by atoms with Crippen LogP contribution in [0.25, 0.3) is 10.2 Å². The van der Waals surface area contributed by atoms with Crippen LogP contribution >= 0.6 is 11.3 Å². The maximum Gasteiger partial charge on any atom is 0.262 e. The summed E-state index contributed by atoms with van der Waals surface area (Å²) in [6.07, 6.45) is 5.50. The predicted octanol–water partition coefficient (Wildman–Crippen LogP) is 4.47. The number of carbonyl (C=O) groups is 2. The Balaban J connectivity index is 1.33. The number of hydrogen-bond donors (Lipinski definition) is 2. The number of rotatable bonds is 6. The third-order valence-electron chi connectivity index (χ3n) is 6.35. The van der Waals surface area contributed by atoms with E-state index in [-0.39, 0.29) is 24.1 Å². The average Bonchev–Trinajstić information content (AvgIpc) is 3.26. The fraction of sp³-hybridized carbons (Fsp3) is 0.259. The molecule has 2 heterocycles. The molecule has 178 valence electrons. The van der Waals surface area contributed by atoms with E-state index in [0.29, 0.717) is 16.6 Å². The maximum absolute atomic E-state index is 13.2. The molecular weight excluding hydrogens is 460 g/mol. The molecule has 0 aliphatic heterocycles. The zero-order chi connectivity index (χ0) is 24.4. The van der Waals surface area contributed by atoms with E-state index >= 15 is 0 Å². The van der Waals surface area contributed by atoms with Gasteiger partial charge in [-0.2, -0.15) is 0 Å². The summed E-state index contributed by atoms with van der Waals surface area (Å²) in [5.74, 6) is -0.684. The van der Waals surface area contributed by atoms with E-state index in [1.807, 2.05) is 37.3 Å². The van der Waals surface area contributed by atoms with E-state index in [1.54, 1.807) is 35.6 Å². The van der Waals surface area contributed by atoms with Crippen molar-refractivity contribution >= 4 is 39.1 Å². The molecule has 4 aromatic rings. The normalized spacial score (nSPS) is 13.7. The van der Waals surface area contributed by atoms with Gasteiger partial charge in [-0.3, -0.25) is 19.0 Å². The van der Waals surface area contributed by atoms with Crippen LogP contribution in [0.1, 0.15) is 52.2 Å². The third kappa shape index (κ3) is 4.74. The smallest absolute Gasteiger partial charge is 0.262 e. The van der Waals surface area contributed by atoms with Gasteiger partial charge < -0.3 is 10.6 Å². The number of anilines is 1. The van der Waals surface area contributed by atoms with E-state index in [2.05, 4.69) is 15.6 Å². The molecule has 1 aliphatic carbocycles. The highest BCUT2D eigenvalue weighted by atomic mass is 32.1. The molecule has 35 heavy (non-hydrogen) atoms. The third-order valence-corrected chi connectivity index (χ3v) is 7.55. The van der Waals surface area contributed by atoms with Crippen LogP contribution in [0, 0.1) is 0 Å². The van der Waals surface area contributed by atoms with Gasteiger partial charge in [0.05, 0.1) is 29.0 Å². The summed E-state index contributed by atoms with van der Waals surface area (Å²) in [5, 5.41) is 6.42. The molecule has 8 heteroatoms. The largest absolute Gasteiger partial charge is 0.345 e. The van der Waals surface area contributed by atoms with Gasteiger partial charge in [-0.05, 0) is 55.9 Å². The van der Waals surface area contributed by atoms with E-state index in [9.17, 15) is 14.4 Å². The van der Waals surface area contributed by atoms with Crippen molar-refractivity contribution in [3.63, 3.8) is 0 Å². The van der Waals surface area contributed by atoms with Gasteiger partial charge in [0.25, 0.3) is 11.5 Å². The number of aromatic nitrogens is 2. The summed E-state index contributed by atoms with van der Waals surface area (Å²) in [7, 11) is 0. The van der Waals surface area contributed by atoms with Crippen LogP contribution in [-0.4, -0.2) is 21.4 Å². The summed E-state index contributed by atoms with van der Waals surface area (Å²) < 4.78 is 1.35. The molecule has 2 aromatic heterocycles. The molecule has 0 saturated heterocycles. The summed E-state index contributed by atoms with van der Waals surface area (Å²) in [6.45, 7) is 1.73. The number of thiophene rings is 1. The first-order valence-corrected chi connectivity index (χ1v) is 12.6. The van der Waals surface area contributed by atoms with Crippen molar-refractivity contribution in [1.82, 2.24) is 14.9 Å². The molecule has 1 atom stereocenters. The van der Waals surface area contributed by atoms with Crippen molar-refractivity contribution in [3.05, 3.63) is 92.8 Å². The molecular formula is C27H26N4O3S. The van der Waals surface area contributed by atoms with Crippen molar-refractivity contribution in [3.8, 4) is 0 Å². The number of aryl methyl sites for hydroxylation is 2. The second-order valence-electron chi connectivity index (χ2n) is 8.77. The molecule has 0 spiro atoms. The SMILES string of the molecule is CC(NC(=O)c1ccccc1NC(=O)Cn1cnc2sc3c(c2c1=O)CCCC3)c1ccccc1. The zero-order valence-corrected chi connectivity index (χ0v) is 20.2. The lowest BCUT2D eigenvalue weighted by molar-refractivity contribution is -0.116. The Hall–Kier alpha value is -3.78. The number of hydrogen-bond acceptors (Lipinski definition) is 5. The molecule has 0 fully saturated rings. The highest BCUT2D eigenvalue weighted by Gasteiger charge is 2.21. The van der Waals surface area contributed by atoms with Crippen LogP contribution < -0.4 is 16.2 Å². The molecule has 5 rings (SSSR count). The minimum atomic E-state index is -0.395. The standard InChI is InChI=1S/C27H26N4O3S/c1-17(18-9-3-2-4-10-18)29-25(33)19-11-5-7-13-21(19)30-23(32)15-31-16-28-26-24(27(31)34)20-12-6-8-14-22(20)35-26/h2-5,7,9-11,13,16-17H,6,8,12,14-15H2,1H3,(H,29,33)(H,30,32). The molecule has 2 amide bonds. The van der Waals surface area contributed by atoms with E-state index in [0.717, 1.165) is 41.6 Å². The second-order valence-corrected chi connectivity index (χ2v) is 9.85. The van der Waals surface area contributed by atoms with Gasteiger partial charge in [0.15, 0.2) is 0 Å². The Labute approximate surface area is 206 Å². The van der Waals surface area contributed by atoms with Gasteiger partial charge in [0, 0.05) is 4.88 Å². The molecule has 2 aromatic carbocycles. The van der Waals surface area contributed by atoms with E-state index in [4.69, 9.17) is 0 Å². The lowest BCUT2D eigenvalue weighted by Crippen LogP contribution is -2.30. The predicted molar refractivity (Wildman–Crippen MR) is 138 cm³/mol. The van der Waals surface area contributed by atoms with Gasteiger partial charge in [0.1, 0.15) is 11.4 Å². The Kier molecular flexibility index (Phi) is 6.46. The minimum absolute atomic E-state index is 0.178. The van der Waals surface area contributed by atoms with Crippen molar-refractivity contribution in [1.29, 1.82) is 0 Å². The first kappa shape index (κ1) is 23.0. The highest BCUT2D eigenvalue weighted by molar-refractivity contribution is 7.18. The van der Waals surface area contributed by atoms with Crippen LogP contribution in [0.2, 0.25) is 0 Å². The van der Waals surface area contributed by atoms with Gasteiger partial charge in [-0.1, -0.05) is 42.5 Å². The Bertz CT molecular complexity index is 1460. The number of benzene rings is 2. The molecule has 0 bridgehead atoms. The topological polar surface area (TPSA) is 93.1 Å². The van der Waals surface area contributed by atoms with E-state index in [1.165, 1.54) is 15.8 Å². The van der Waals surface area contributed by atoms with Gasteiger partial charge in [-0.25, -0.2) is 4.98 Å². The monoisotopic (exact) mass is 486 g/mol. The zero-order valence-electron chi connectivity index (χ0n) is 19.4. The second kappa shape index (κ2) is 9.84. The number of nitrogens with one attached hydrogen (secondary N) is 2. The summed E-state index contributed by atoms with van der Waals surface area (Å²) in [4.78, 5) is 45.5. The average molecular weight is 487 g/mol. The quantitative estimate of drug-likeness (QED) is 0.421. The highest BCUT2D eigenvalue weighted by Crippen LogP contribution is 2.33. The van der Waals surface area contributed by atoms with Crippen LogP contribution in [0.15, 0.2) is 65.7 Å². The number of para-hydroxylation sites is 1. The number of amides is 2. The molecule has 0 saturated carbocycles. The fourth-order valence-corrected chi connectivity index (χ4v) is 5.75. The Morgan fingerprint density at radius 2 is 1.80 bits per heavy atom. The van der Waals surface area contributed by atoms with Crippen LogP contribution in [0.4, 0.5) is 5.69 Å². The van der Waals surface area contributed by atoms with Crippen LogP contribution in [-0.2, 0) is 24.2 Å². The van der Waals surface area contributed by atoms with Crippen LogP contribution in [0.3, 0.4) is 0 Å². The van der Waals surface area contributed by atoms with Crippen LogP contribution in [0.5, 0.6) is 0 Å². The molecule has 2 N–H and O–H groups in total. The molecule has 7 nitrogen and oxygen atoms in total. The van der Waals surface area contributed by atoms with Crippen molar-refractivity contribution in [2.45, 2.75) is 45.2 Å². The lowest BCUT2D eigenvalue weighted by atomic mass is 9.97. The minimum Gasteiger partial charge on any atom is -0.345 e. The van der Waals surface area contributed by atoms with Crippen molar-refractivity contribution in [2.24, 2.45) is 0 Å². The summed E-state index contributed by atoms with van der Waals surface area (Å²) >= 11 is 1.58. The molecule has 1 aliphatic rings. The summed E-state index contributed by atoms with van der Waals surface area (Å²) in [6, 6.07) is 16.3. The Morgan fingerprint density at radius 3 is 2.63 bits per heavy atom. The van der Waals surface area contributed by atoms with Crippen molar-refractivity contribution in [2.75, 3.05) is 5.32 Å². The first-order valence-electron chi connectivity index (χ1n) is 11.8. The lowest BCUT2D eigenvalue weighted by Gasteiger charge is -2.16. The molecule has 1 unspecified atom stereocenters. The summed E-state index contributed by atoms with van der Waals surface area (Å²) in [5.41, 5.74) is 2.65. The van der Waals surface area contributed by atoms with Gasteiger partial charge in [-0.15, -0.1) is 11.3 Å². The fourth-order valence-electron chi connectivity index (χ4n) is 4.53.